The Balaban J connectivity index is 1.98. The number of halogens is 2. The molecule has 1 amide bonds. The first-order valence-electron chi connectivity index (χ1n) is 7.39. The maximum atomic E-state index is 13.6. The molecule has 7 heteroatoms. The molecule has 5 nitrogen and oxygen atoms in total. The molecule has 1 N–H and O–H groups in total. The van der Waals surface area contributed by atoms with E-state index in [1.165, 1.54) is 19.2 Å². The molecule has 0 aliphatic heterocycles. The molecule has 0 heterocycles. The third-order valence-electron chi connectivity index (χ3n) is 3.42. The van der Waals surface area contributed by atoms with Crippen LogP contribution in [0.1, 0.15) is 21.5 Å². The number of nitrogens with one attached hydrogen (secondary N) is 1. The van der Waals surface area contributed by atoms with E-state index in [1.54, 1.807) is 13.0 Å². The Morgan fingerprint density at radius 1 is 1.20 bits per heavy atom. The van der Waals surface area contributed by atoms with E-state index >= 15 is 0 Å². The fourth-order valence-electron chi connectivity index (χ4n) is 2.26. The van der Waals surface area contributed by atoms with Gasteiger partial charge in [-0.05, 0) is 49.2 Å². The fourth-order valence-corrected chi connectivity index (χ4v) is 2.63. The maximum Gasteiger partial charge on any atom is 0.338 e. The average Bonchev–Trinajstić information content (AvgIpc) is 2.55. The Morgan fingerprint density at radius 3 is 2.52 bits per heavy atom. The lowest BCUT2D eigenvalue weighted by molar-refractivity contribution is -0.119. The Kier molecular flexibility index (Phi) is 5.98. The van der Waals surface area contributed by atoms with Crippen molar-refractivity contribution in [2.45, 2.75) is 13.8 Å². The molecule has 25 heavy (non-hydrogen) atoms. The van der Waals surface area contributed by atoms with Gasteiger partial charge in [-0.1, -0.05) is 17.7 Å². The van der Waals surface area contributed by atoms with Crippen molar-refractivity contribution in [3.05, 3.63) is 57.9 Å². The number of amides is 1. The quantitative estimate of drug-likeness (QED) is 0.816. The minimum Gasteiger partial charge on any atom is -0.494 e. The van der Waals surface area contributed by atoms with E-state index in [4.69, 9.17) is 21.1 Å². The first-order chi connectivity index (χ1) is 11.8. The number of carbonyl (C=O) groups is 2. The number of hydrogen-bond donors (Lipinski definition) is 1. The molecule has 132 valence electrons. The van der Waals surface area contributed by atoms with Gasteiger partial charge in [-0.25, -0.2) is 9.18 Å². The number of methoxy groups -OCH3 is 1. The molecule has 2 aromatic carbocycles. The second-order valence-electron chi connectivity index (χ2n) is 5.41. The molecule has 0 fully saturated rings. The van der Waals surface area contributed by atoms with Crippen LogP contribution in [-0.4, -0.2) is 25.6 Å². The van der Waals surface area contributed by atoms with Crippen LogP contribution >= 0.6 is 11.6 Å². The van der Waals surface area contributed by atoms with Gasteiger partial charge in [0, 0.05) is 0 Å². The summed E-state index contributed by atoms with van der Waals surface area (Å²) in [5.41, 5.74) is 2.20. The Labute approximate surface area is 149 Å². The SMILES string of the molecule is COc1ccc(C(=O)OCC(=O)Nc2c(C)cc(C)cc2Cl)cc1F. The van der Waals surface area contributed by atoms with Crippen LogP contribution in [0.5, 0.6) is 5.75 Å². The van der Waals surface area contributed by atoms with E-state index in [0.717, 1.165) is 17.2 Å². The van der Waals surface area contributed by atoms with Crippen molar-refractivity contribution in [3.8, 4) is 5.75 Å². The van der Waals surface area contributed by atoms with Gasteiger partial charge in [-0.2, -0.15) is 0 Å². The third-order valence-corrected chi connectivity index (χ3v) is 3.72. The molecular weight excluding hydrogens is 349 g/mol. The van der Waals surface area contributed by atoms with Crippen molar-refractivity contribution in [2.24, 2.45) is 0 Å². The summed E-state index contributed by atoms with van der Waals surface area (Å²) in [6.45, 7) is 3.18. The van der Waals surface area contributed by atoms with Crippen LogP contribution < -0.4 is 10.1 Å². The lowest BCUT2D eigenvalue weighted by atomic mass is 10.1. The topological polar surface area (TPSA) is 64.6 Å². The van der Waals surface area contributed by atoms with Gasteiger partial charge in [0.1, 0.15) is 0 Å². The normalized spacial score (nSPS) is 10.3. The minimum atomic E-state index is -0.816. The molecule has 0 aromatic heterocycles. The second-order valence-corrected chi connectivity index (χ2v) is 5.82. The molecule has 0 aliphatic carbocycles. The Morgan fingerprint density at radius 2 is 1.92 bits per heavy atom. The van der Waals surface area contributed by atoms with Crippen LogP contribution in [-0.2, 0) is 9.53 Å². The van der Waals surface area contributed by atoms with Gasteiger partial charge in [0.05, 0.1) is 23.4 Å². The second kappa shape index (κ2) is 7.98. The highest BCUT2D eigenvalue weighted by molar-refractivity contribution is 6.34. The zero-order valence-electron chi connectivity index (χ0n) is 14.0. The zero-order chi connectivity index (χ0) is 18.6. The van der Waals surface area contributed by atoms with Crippen LogP contribution in [0.15, 0.2) is 30.3 Å². The molecule has 2 rings (SSSR count). The van der Waals surface area contributed by atoms with Crippen molar-refractivity contribution in [1.82, 2.24) is 0 Å². The highest BCUT2D eigenvalue weighted by Gasteiger charge is 2.15. The number of anilines is 1. The molecule has 2 aromatic rings. The number of aryl methyl sites for hydroxylation is 2. The summed E-state index contributed by atoms with van der Waals surface area (Å²) >= 11 is 6.11. The van der Waals surface area contributed by atoms with Gasteiger partial charge in [0.2, 0.25) is 0 Å². The number of hydrogen-bond acceptors (Lipinski definition) is 4. The van der Waals surface area contributed by atoms with Crippen molar-refractivity contribution in [3.63, 3.8) is 0 Å². The number of benzene rings is 2. The van der Waals surface area contributed by atoms with Gasteiger partial charge in [-0.3, -0.25) is 4.79 Å². The van der Waals surface area contributed by atoms with Crippen molar-refractivity contribution >= 4 is 29.2 Å². The van der Waals surface area contributed by atoms with E-state index in [2.05, 4.69) is 5.32 Å². The van der Waals surface area contributed by atoms with Crippen molar-refractivity contribution in [1.29, 1.82) is 0 Å². The first kappa shape index (κ1) is 18.7. The molecule has 0 saturated heterocycles. The van der Waals surface area contributed by atoms with Crippen molar-refractivity contribution < 1.29 is 23.5 Å². The minimum absolute atomic E-state index is 0.0128. The summed E-state index contributed by atoms with van der Waals surface area (Å²) < 4.78 is 23.3. The van der Waals surface area contributed by atoms with E-state index in [9.17, 15) is 14.0 Å². The third kappa shape index (κ3) is 4.70. The van der Waals surface area contributed by atoms with E-state index in [0.29, 0.717) is 10.7 Å². The molecular formula is C18H17ClFNO4. The van der Waals surface area contributed by atoms with Gasteiger partial charge in [0.15, 0.2) is 18.2 Å². The van der Waals surface area contributed by atoms with E-state index in [1.807, 2.05) is 13.0 Å². The number of ether oxygens (including phenoxy) is 2. The molecule has 0 saturated carbocycles. The van der Waals surface area contributed by atoms with Crippen LogP contribution in [0.25, 0.3) is 0 Å². The van der Waals surface area contributed by atoms with Gasteiger partial charge < -0.3 is 14.8 Å². The molecule has 0 atom stereocenters. The molecule has 0 radical (unpaired) electrons. The van der Waals surface area contributed by atoms with Crippen LogP contribution in [0.3, 0.4) is 0 Å². The largest absolute Gasteiger partial charge is 0.494 e. The predicted octanol–water partition coefficient (Wildman–Crippen LogP) is 3.90. The van der Waals surface area contributed by atoms with Gasteiger partial charge in [-0.15, -0.1) is 0 Å². The molecule has 0 aliphatic rings. The summed E-state index contributed by atoms with van der Waals surface area (Å²) in [7, 11) is 1.32. The Bertz CT molecular complexity index is 800. The lowest BCUT2D eigenvalue weighted by Gasteiger charge is -2.12. The smallest absolute Gasteiger partial charge is 0.338 e. The first-order valence-corrected chi connectivity index (χ1v) is 7.77. The molecule has 0 spiro atoms. The van der Waals surface area contributed by atoms with E-state index < -0.39 is 24.3 Å². The van der Waals surface area contributed by atoms with E-state index in [-0.39, 0.29) is 11.3 Å². The highest BCUT2D eigenvalue weighted by atomic mass is 35.5. The summed E-state index contributed by atoms with van der Waals surface area (Å²) in [4.78, 5) is 23.9. The summed E-state index contributed by atoms with van der Waals surface area (Å²) in [6, 6.07) is 7.23. The highest BCUT2D eigenvalue weighted by Crippen LogP contribution is 2.27. The number of rotatable bonds is 5. The fraction of sp³-hybridized carbons (Fsp3) is 0.222. The average molecular weight is 366 g/mol. The van der Waals surface area contributed by atoms with Crippen LogP contribution in [0, 0.1) is 19.7 Å². The summed E-state index contributed by atoms with van der Waals surface area (Å²) in [5.74, 6) is -2.04. The Hall–Kier alpha value is -2.60. The standard InChI is InChI=1S/C18H17ClFNO4/c1-10-6-11(2)17(13(19)7-10)21-16(22)9-25-18(23)12-4-5-15(24-3)14(20)8-12/h4-8H,9H2,1-3H3,(H,21,22). The monoisotopic (exact) mass is 365 g/mol. The maximum absolute atomic E-state index is 13.6. The predicted molar refractivity (Wildman–Crippen MR) is 92.8 cm³/mol. The number of carbonyl (C=O) groups excluding carboxylic acids is 2. The molecule has 0 bridgehead atoms. The van der Waals surface area contributed by atoms with Crippen LogP contribution in [0.4, 0.5) is 10.1 Å². The summed E-state index contributed by atoms with van der Waals surface area (Å²) in [5, 5.41) is 3.00. The zero-order valence-corrected chi connectivity index (χ0v) is 14.7. The van der Waals surface area contributed by atoms with Crippen LogP contribution in [0.2, 0.25) is 5.02 Å². The van der Waals surface area contributed by atoms with Gasteiger partial charge >= 0.3 is 5.97 Å². The lowest BCUT2D eigenvalue weighted by Crippen LogP contribution is -2.21. The van der Waals surface area contributed by atoms with Crippen molar-refractivity contribution in [2.75, 3.05) is 19.0 Å². The molecule has 0 unspecified atom stereocenters. The number of esters is 1. The van der Waals surface area contributed by atoms with Gasteiger partial charge in [0.25, 0.3) is 5.91 Å². The summed E-state index contributed by atoms with van der Waals surface area (Å²) in [6.07, 6.45) is 0.